The Labute approximate surface area is 132 Å². The van der Waals surface area contributed by atoms with Gasteiger partial charge in [-0.15, -0.1) is 0 Å². The fourth-order valence-corrected chi connectivity index (χ4v) is 2.44. The minimum absolute atomic E-state index is 0.402. The third-order valence-electron chi connectivity index (χ3n) is 3.38. The van der Waals surface area contributed by atoms with Crippen LogP contribution < -0.4 is 21.3 Å². The Morgan fingerprint density at radius 3 is 2.68 bits per heavy atom. The molecule has 6 nitrogen and oxygen atoms in total. The second-order valence-electron chi connectivity index (χ2n) is 6.48. The van der Waals surface area contributed by atoms with Gasteiger partial charge in [-0.2, -0.15) is 0 Å². The Hall–Kier alpha value is -1.95. The number of nitrogens with two attached hydrogens (primary N) is 1. The lowest BCUT2D eigenvalue weighted by molar-refractivity contribution is 0.0523. The van der Waals surface area contributed by atoms with E-state index in [4.69, 9.17) is 10.5 Å². The highest BCUT2D eigenvalue weighted by Gasteiger charge is 2.18. The number of anilines is 2. The molecule has 1 aromatic rings. The van der Waals surface area contributed by atoms with Crippen molar-refractivity contribution in [2.24, 2.45) is 0 Å². The van der Waals surface area contributed by atoms with E-state index in [-0.39, 0.29) is 0 Å². The fourth-order valence-electron chi connectivity index (χ4n) is 2.44. The molecule has 1 aromatic carbocycles. The van der Waals surface area contributed by atoms with E-state index in [2.05, 4.69) is 15.5 Å². The third kappa shape index (κ3) is 4.80. The Bertz CT molecular complexity index is 519. The number of hydrogen-bond acceptors (Lipinski definition) is 5. The maximum Gasteiger partial charge on any atom is 0.407 e. The van der Waals surface area contributed by atoms with Crippen LogP contribution >= 0.6 is 0 Å². The molecule has 0 aliphatic carbocycles. The average Bonchev–Trinajstić information content (AvgIpc) is 2.44. The lowest BCUT2D eigenvalue weighted by atomic mass is 10.1. The second-order valence-corrected chi connectivity index (χ2v) is 6.48. The minimum Gasteiger partial charge on any atom is -0.444 e. The van der Waals surface area contributed by atoms with Crippen LogP contribution in [0.5, 0.6) is 0 Å². The summed E-state index contributed by atoms with van der Waals surface area (Å²) in [5, 5.41) is 6.14. The molecule has 0 bridgehead atoms. The summed E-state index contributed by atoms with van der Waals surface area (Å²) in [6, 6.07) is 5.83. The molecule has 0 spiro atoms. The van der Waals surface area contributed by atoms with Crippen molar-refractivity contribution in [3.63, 3.8) is 0 Å². The number of alkyl carbamates (subject to hydrolysis) is 1. The van der Waals surface area contributed by atoms with Crippen LogP contribution in [0.1, 0.15) is 26.3 Å². The first kappa shape index (κ1) is 16.4. The van der Waals surface area contributed by atoms with E-state index in [1.807, 2.05) is 39.0 Å². The largest absolute Gasteiger partial charge is 0.444 e. The van der Waals surface area contributed by atoms with Crippen LogP contribution in [-0.2, 0) is 11.3 Å². The van der Waals surface area contributed by atoms with Crippen LogP contribution in [-0.4, -0.2) is 37.9 Å². The maximum atomic E-state index is 11.8. The van der Waals surface area contributed by atoms with Crippen LogP contribution in [0, 0.1) is 0 Å². The van der Waals surface area contributed by atoms with Crippen LogP contribution in [0.3, 0.4) is 0 Å². The van der Waals surface area contributed by atoms with Crippen molar-refractivity contribution in [3.05, 3.63) is 23.8 Å². The first-order valence-corrected chi connectivity index (χ1v) is 7.66. The molecule has 1 amide bonds. The lowest BCUT2D eigenvalue weighted by Crippen LogP contribution is -2.44. The molecule has 1 aliphatic rings. The zero-order chi connectivity index (χ0) is 16.2. The smallest absolute Gasteiger partial charge is 0.407 e. The molecule has 6 heteroatoms. The summed E-state index contributed by atoms with van der Waals surface area (Å²) in [5.74, 6) is 0. The molecule has 2 rings (SSSR count). The SMILES string of the molecule is CC(C)(C)OC(=O)NCc1cc(N)ccc1N1CCNCC1. The van der Waals surface area contributed by atoms with Crippen molar-refractivity contribution in [2.45, 2.75) is 32.9 Å². The topological polar surface area (TPSA) is 79.6 Å². The summed E-state index contributed by atoms with van der Waals surface area (Å²) in [4.78, 5) is 14.1. The highest BCUT2D eigenvalue weighted by molar-refractivity contribution is 5.69. The van der Waals surface area contributed by atoms with Crippen molar-refractivity contribution in [1.29, 1.82) is 0 Å². The predicted molar refractivity (Wildman–Crippen MR) is 89.0 cm³/mol. The summed E-state index contributed by atoms with van der Waals surface area (Å²) in [6.07, 6.45) is -0.416. The molecule has 0 aromatic heterocycles. The highest BCUT2D eigenvalue weighted by Crippen LogP contribution is 2.23. The van der Waals surface area contributed by atoms with E-state index >= 15 is 0 Å². The molecule has 4 N–H and O–H groups in total. The van der Waals surface area contributed by atoms with Crippen LogP contribution in [0.15, 0.2) is 18.2 Å². The second kappa shape index (κ2) is 6.87. The first-order valence-electron chi connectivity index (χ1n) is 7.66. The number of benzene rings is 1. The van der Waals surface area contributed by atoms with Gasteiger partial charge >= 0.3 is 6.09 Å². The van der Waals surface area contributed by atoms with Gasteiger partial charge in [0.1, 0.15) is 5.60 Å². The molecule has 1 aliphatic heterocycles. The van der Waals surface area contributed by atoms with Gasteiger partial charge < -0.3 is 26.0 Å². The van der Waals surface area contributed by atoms with Gasteiger partial charge in [0.15, 0.2) is 0 Å². The van der Waals surface area contributed by atoms with E-state index in [0.717, 1.165) is 37.4 Å². The molecule has 1 saturated heterocycles. The molecule has 0 saturated carbocycles. The van der Waals surface area contributed by atoms with Gasteiger partial charge in [-0.1, -0.05) is 0 Å². The van der Waals surface area contributed by atoms with Gasteiger partial charge in [-0.05, 0) is 44.5 Å². The van der Waals surface area contributed by atoms with Gasteiger partial charge in [-0.3, -0.25) is 0 Å². The summed E-state index contributed by atoms with van der Waals surface area (Å²) in [6.45, 7) is 9.76. The zero-order valence-corrected chi connectivity index (χ0v) is 13.6. The quantitative estimate of drug-likeness (QED) is 0.741. The third-order valence-corrected chi connectivity index (χ3v) is 3.38. The summed E-state index contributed by atoms with van der Waals surface area (Å²) in [5.41, 5.74) is 8.21. The van der Waals surface area contributed by atoms with E-state index in [1.54, 1.807) is 0 Å². The Kier molecular flexibility index (Phi) is 5.13. The number of hydrogen-bond donors (Lipinski definition) is 3. The van der Waals surface area contributed by atoms with Crippen molar-refractivity contribution >= 4 is 17.5 Å². The number of ether oxygens (including phenoxy) is 1. The molecule has 22 heavy (non-hydrogen) atoms. The first-order chi connectivity index (χ1) is 10.3. The average molecular weight is 306 g/mol. The van der Waals surface area contributed by atoms with E-state index in [1.165, 1.54) is 0 Å². The van der Waals surface area contributed by atoms with Gasteiger partial charge in [0.2, 0.25) is 0 Å². The molecular weight excluding hydrogens is 280 g/mol. The Morgan fingerprint density at radius 1 is 1.36 bits per heavy atom. The summed E-state index contributed by atoms with van der Waals surface area (Å²) in [7, 11) is 0. The number of nitrogens with one attached hydrogen (secondary N) is 2. The maximum absolute atomic E-state index is 11.8. The lowest BCUT2D eigenvalue weighted by Gasteiger charge is -2.31. The van der Waals surface area contributed by atoms with Crippen LogP contribution in [0.4, 0.5) is 16.2 Å². The number of carbonyl (C=O) groups is 1. The molecule has 0 radical (unpaired) electrons. The van der Waals surface area contributed by atoms with Crippen LogP contribution in [0.25, 0.3) is 0 Å². The van der Waals surface area contributed by atoms with Crippen molar-refractivity contribution < 1.29 is 9.53 Å². The number of carbonyl (C=O) groups excluding carboxylic acids is 1. The minimum atomic E-state index is -0.499. The number of nitrogen functional groups attached to an aromatic ring is 1. The van der Waals surface area contributed by atoms with Crippen LogP contribution in [0.2, 0.25) is 0 Å². The molecule has 0 atom stereocenters. The predicted octanol–water partition coefficient (Wildman–Crippen LogP) is 1.70. The summed E-state index contributed by atoms with van der Waals surface area (Å²) < 4.78 is 5.27. The van der Waals surface area contributed by atoms with Crippen molar-refractivity contribution in [1.82, 2.24) is 10.6 Å². The van der Waals surface area contributed by atoms with E-state index < -0.39 is 11.7 Å². The van der Waals surface area contributed by atoms with E-state index in [9.17, 15) is 4.79 Å². The molecule has 0 unspecified atom stereocenters. The standard InChI is InChI=1S/C16H26N4O2/c1-16(2,3)22-15(21)19-11-12-10-13(17)4-5-14(12)20-8-6-18-7-9-20/h4-5,10,18H,6-9,11,17H2,1-3H3,(H,19,21). The van der Waals surface area contributed by atoms with Crippen molar-refractivity contribution in [3.8, 4) is 0 Å². The number of amides is 1. The molecule has 1 heterocycles. The van der Waals surface area contributed by atoms with Crippen molar-refractivity contribution in [2.75, 3.05) is 36.8 Å². The zero-order valence-electron chi connectivity index (χ0n) is 13.6. The van der Waals surface area contributed by atoms with E-state index in [0.29, 0.717) is 12.2 Å². The fraction of sp³-hybridized carbons (Fsp3) is 0.562. The number of rotatable bonds is 3. The summed E-state index contributed by atoms with van der Waals surface area (Å²) >= 11 is 0. The molecule has 122 valence electrons. The molecular formula is C16H26N4O2. The van der Waals surface area contributed by atoms with Gasteiger partial charge in [0.05, 0.1) is 0 Å². The van der Waals surface area contributed by atoms with Gasteiger partial charge in [0.25, 0.3) is 0 Å². The number of nitrogens with zero attached hydrogens (tertiary/aromatic N) is 1. The molecule has 1 fully saturated rings. The normalized spacial score (nSPS) is 15.5. The van der Waals surface area contributed by atoms with Gasteiger partial charge in [-0.25, -0.2) is 4.79 Å². The van der Waals surface area contributed by atoms with Gasteiger partial charge in [0, 0.05) is 44.1 Å². The number of piperazine rings is 1. The Balaban J connectivity index is 2.05. The monoisotopic (exact) mass is 306 g/mol. The Morgan fingerprint density at radius 2 is 2.05 bits per heavy atom. The highest BCUT2D eigenvalue weighted by atomic mass is 16.6.